The highest BCUT2D eigenvalue weighted by molar-refractivity contribution is 5.49. The second kappa shape index (κ2) is 5.45. The number of benzene rings is 1. The van der Waals surface area contributed by atoms with Crippen LogP contribution in [0, 0.1) is 0 Å². The van der Waals surface area contributed by atoms with Crippen molar-refractivity contribution in [3.8, 4) is 0 Å². The van der Waals surface area contributed by atoms with E-state index in [4.69, 9.17) is 5.73 Å². The first-order valence-electron chi connectivity index (χ1n) is 6.90. The zero-order valence-corrected chi connectivity index (χ0v) is 11.1. The number of hydrogen-bond donors (Lipinski definition) is 1. The second-order valence-electron chi connectivity index (χ2n) is 5.06. The average molecular weight is 256 g/mol. The predicted octanol–water partition coefficient (Wildman–Crippen LogP) is 2.01. The van der Waals surface area contributed by atoms with Gasteiger partial charge in [0, 0.05) is 37.2 Å². The summed E-state index contributed by atoms with van der Waals surface area (Å²) in [5.74, 6) is 0. The van der Waals surface area contributed by atoms with Gasteiger partial charge in [-0.3, -0.25) is 4.68 Å². The van der Waals surface area contributed by atoms with E-state index in [9.17, 15) is 0 Å². The minimum absolute atomic E-state index is 0.608. The average Bonchev–Trinajstić information content (AvgIpc) is 3.15. The molecular weight excluding hydrogens is 236 g/mol. The number of rotatable bonds is 6. The highest BCUT2D eigenvalue weighted by atomic mass is 15.3. The van der Waals surface area contributed by atoms with E-state index in [2.05, 4.69) is 34.3 Å². The summed E-state index contributed by atoms with van der Waals surface area (Å²) >= 11 is 0. The van der Waals surface area contributed by atoms with Crippen LogP contribution in [0.5, 0.6) is 0 Å². The number of nitrogens with zero attached hydrogens (tertiary/aromatic N) is 3. The van der Waals surface area contributed by atoms with Gasteiger partial charge < -0.3 is 10.6 Å². The molecule has 1 aliphatic rings. The van der Waals surface area contributed by atoms with E-state index in [1.807, 2.05) is 23.1 Å². The second-order valence-corrected chi connectivity index (χ2v) is 5.06. The normalized spacial score (nSPS) is 14.6. The van der Waals surface area contributed by atoms with Crippen LogP contribution in [-0.4, -0.2) is 22.4 Å². The van der Waals surface area contributed by atoms with E-state index < -0.39 is 0 Å². The van der Waals surface area contributed by atoms with Gasteiger partial charge in [0.05, 0.1) is 6.54 Å². The molecule has 0 amide bonds. The van der Waals surface area contributed by atoms with Gasteiger partial charge in [-0.05, 0) is 36.6 Å². The fourth-order valence-electron chi connectivity index (χ4n) is 2.38. The Morgan fingerprint density at radius 3 is 2.63 bits per heavy atom. The number of hydrogen-bond acceptors (Lipinski definition) is 3. The summed E-state index contributed by atoms with van der Waals surface area (Å²) in [5, 5.41) is 4.26. The lowest BCUT2D eigenvalue weighted by molar-refractivity contribution is 0.593. The minimum Gasteiger partial charge on any atom is -0.367 e. The molecule has 4 heteroatoms. The largest absolute Gasteiger partial charge is 0.367 e. The third-order valence-corrected chi connectivity index (χ3v) is 3.62. The minimum atomic E-state index is 0.608. The van der Waals surface area contributed by atoms with E-state index in [0.29, 0.717) is 12.6 Å². The lowest BCUT2D eigenvalue weighted by atomic mass is 10.2. The number of aromatic nitrogens is 2. The van der Waals surface area contributed by atoms with Crippen LogP contribution in [0.25, 0.3) is 0 Å². The van der Waals surface area contributed by atoms with Crippen LogP contribution >= 0.6 is 0 Å². The summed E-state index contributed by atoms with van der Waals surface area (Å²) < 4.78 is 1.99. The lowest BCUT2D eigenvalue weighted by Crippen LogP contribution is -2.29. The van der Waals surface area contributed by atoms with Gasteiger partial charge in [0.2, 0.25) is 0 Å². The molecule has 1 saturated carbocycles. The van der Waals surface area contributed by atoms with Crippen LogP contribution in [0.4, 0.5) is 5.69 Å². The summed E-state index contributed by atoms with van der Waals surface area (Å²) in [7, 11) is 0. The first kappa shape index (κ1) is 12.2. The first-order chi connectivity index (χ1) is 9.36. The van der Waals surface area contributed by atoms with E-state index >= 15 is 0 Å². The molecule has 1 aromatic carbocycles. The molecule has 2 aromatic rings. The van der Waals surface area contributed by atoms with E-state index in [0.717, 1.165) is 13.1 Å². The van der Waals surface area contributed by atoms with Crippen LogP contribution in [0.15, 0.2) is 42.7 Å². The Bertz CT molecular complexity index is 499. The molecule has 0 bridgehead atoms. The van der Waals surface area contributed by atoms with Gasteiger partial charge in [-0.2, -0.15) is 5.10 Å². The fraction of sp³-hybridized carbons (Fsp3) is 0.400. The van der Waals surface area contributed by atoms with Gasteiger partial charge in [0.1, 0.15) is 0 Å². The molecule has 4 nitrogen and oxygen atoms in total. The standard InChI is InChI=1S/C15H20N4/c16-12-13-2-4-14(5-3-13)19(15-6-7-15)11-10-18-9-1-8-17-18/h1-5,8-9,15H,6-7,10-12,16H2. The van der Waals surface area contributed by atoms with Gasteiger partial charge in [0.25, 0.3) is 0 Å². The van der Waals surface area contributed by atoms with Crippen molar-refractivity contribution in [2.24, 2.45) is 5.73 Å². The van der Waals surface area contributed by atoms with Crippen molar-refractivity contribution in [1.29, 1.82) is 0 Å². The van der Waals surface area contributed by atoms with E-state index in [1.165, 1.54) is 24.1 Å². The summed E-state index contributed by atoms with van der Waals surface area (Å²) in [5.41, 5.74) is 8.13. The van der Waals surface area contributed by atoms with E-state index in [1.54, 1.807) is 0 Å². The molecule has 0 unspecified atom stereocenters. The van der Waals surface area contributed by atoms with Crippen LogP contribution in [-0.2, 0) is 13.1 Å². The van der Waals surface area contributed by atoms with Crippen LogP contribution in [0.2, 0.25) is 0 Å². The molecular formula is C15H20N4. The Morgan fingerprint density at radius 1 is 1.26 bits per heavy atom. The van der Waals surface area contributed by atoms with Crippen molar-refractivity contribution in [3.63, 3.8) is 0 Å². The van der Waals surface area contributed by atoms with Crippen molar-refractivity contribution in [1.82, 2.24) is 9.78 Å². The van der Waals surface area contributed by atoms with Crippen molar-refractivity contribution in [3.05, 3.63) is 48.3 Å². The summed E-state index contributed by atoms with van der Waals surface area (Å²) in [4.78, 5) is 2.49. The highest BCUT2D eigenvalue weighted by Gasteiger charge is 2.28. The fourth-order valence-corrected chi connectivity index (χ4v) is 2.38. The monoisotopic (exact) mass is 256 g/mol. The van der Waals surface area contributed by atoms with Crippen LogP contribution in [0.1, 0.15) is 18.4 Å². The summed E-state index contributed by atoms with van der Waals surface area (Å²) in [6.45, 7) is 2.55. The quantitative estimate of drug-likeness (QED) is 0.860. The maximum Gasteiger partial charge on any atom is 0.0584 e. The third kappa shape index (κ3) is 2.96. The van der Waals surface area contributed by atoms with Crippen LogP contribution in [0.3, 0.4) is 0 Å². The summed E-state index contributed by atoms with van der Waals surface area (Å²) in [6.07, 6.45) is 6.45. The molecule has 3 rings (SSSR count). The highest BCUT2D eigenvalue weighted by Crippen LogP contribution is 2.31. The maximum atomic E-state index is 5.65. The lowest BCUT2D eigenvalue weighted by Gasteiger charge is -2.25. The van der Waals surface area contributed by atoms with Crippen molar-refractivity contribution < 1.29 is 0 Å². The van der Waals surface area contributed by atoms with Crippen molar-refractivity contribution in [2.75, 3.05) is 11.4 Å². The Morgan fingerprint density at radius 2 is 2.05 bits per heavy atom. The van der Waals surface area contributed by atoms with Gasteiger partial charge >= 0.3 is 0 Å². The van der Waals surface area contributed by atoms with Gasteiger partial charge in [0.15, 0.2) is 0 Å². The Balaban J connectivity index is 1.69. The van der Waals surface area contributed by atoms with Crippen LogP contribution < -0.4 is 10.6 Å². The number of anilines is 1. The predicted molar refractivity (Wildman–Crippen MR) is 76.9 cm³/mol. The first-order valence-corrected chi connectivity index (χ1v) is 6.90. The molecule has 0 radical (unpaired) electrons. The topological polar surface area (TPSA) is 47.1 Å². The SMILES string of the molecule is NCc1ccc(N(CCn2cccn2)C2CC2)cc1. The molecule has 0 atom stereocenters. The van der Waals surface area contributed by atoms with Gasteiger partial charge in [-0.15, -0.1) is 0 Å². The van der Waals surface area contributed by atoms with Gasteiger partial charge in [-0.1, -0.05) is 12.1 Å². The molecule has 1 aromatic heterocycles. The molecule has 0 saturated heterocycles. The van der Waals surface area contributed by atoms with Gasteiger partial charge in [-0.25, -0.2) is 0 Å². The number of nitrogens with two attached hydrogens (primary N) is 1. The van der Waals surface area contributed by atoms with E-state index in [-0.39, 0.29) is 0 Å². The molecule has 1 aliphatic carbocycles. The Labute approximate surface area is 113 Å². The molecule has 1 fully saturated rings. The summed E-state index contributed by atoms with van der Waals surface area (Å²) in [6, 6.07) is 11.3. The third-order valence-electron chi connectivity index (χ3n) is 3.62. The molecule has 2 N–H and O–H groups in total. The maximum absolute atomic E-state index is 5.65. The van der Waals surface area contributed by atoms with Crippen molar-refractivity contribution >= 4 is 5.69 Å². The zero-order chi connectivity index (χ0) is 13.1. The van der Waals surface area contributed by atoms with Crippen molar-refractivity contribution in [2.45, 2.75) is 32.0 Å². The molecule has 19 heavy (non-hydrogen) atoms. The Kier molecular flexibility index (Phi) is 3.51. The zero-order valence-electron chi connectivity index (χ0n) is 11.1. The molecule has 100 valence electrons. The Hall–Kier alpha value is -1.81. The molecule has 0 aliphatic heterocycles. The molecule has 0 spiro atoms. The molecule has 1 heterocycles. The smallest absolute Gasteiger partial charge is 0.0584 e.